The van der Waals surface area contributed by atoms with E-state index < -0.39 is 0 Å². The van der Waals surface area contributed by atoms with Gasteiger partial charge in [-0.3, -0.25) is 9.78 Å². The maximum Gasteiger partial charge on any atom is 0.220 e. The molecular formula is C22H24N4OS. The standard InChI is InChI=1S/C22H24N4OS/c23-18-6-1-16(2-7-18)13-19(20-14-28-22(26-20)17-4-5-17)25-21(27)8-3-15-9-11-24-12-10-15/h1-2,6-7,9-12,14,17,19H,3-5,8,13,23H2,(H,25,27)/t19-/m0/s1. The molecule has 6 heteroatoms. The number of aromatic nitrogens is 2. The van der Waals surface area contributed by atoms with E-state index in [1.165, 1.54) is 17.8 Å². The molecule has 0 unspecified atom stereocenters. The Hall–Kier alpha value is -2.73. The first-order valence-corrected chi connectivity index (χ1v) is 10.5. The molecule has 3 aromatic rings. The Bertz CT molecular complexity index is 919. The van der Waals surface area contributed by atoms with Crippen molar-refractivity contribution in [3.8, 4) is 0 Å². The minimum Gasteiger partial charge on any atom is -0.399 e. The lowest BCUT2D eigenvalue weighted by Crippen LogP contribution is -2.30. The van der Waals surface area contributed by atoms with Crippen LogP contribution >= 0.6 is 11.3 Å². The summed E-state index contributed by atoms with van der Waals surface area (Å²) >= 11 is 1.71. The van der Waals surface area contributed by atoms with Crippen LogP contribution in [0.2, 0.25) is 0 Å². The van der Waals surface area contributed by atoms with E-state index in [1.54, 1.807) is 23.7 Å². The maximum absolute atomic E-state index is 12.6. The number of rotatable bonds is 8. The Balaban J connectivity index is 1.45. The van der Waals surface area contributed by atoms with Gasteiger partial charge >= 0.3 is 0 Å². The lowest BCUT2D eigenvalue weighted by atomic mass is 10.0. The fraction of sp³-hybridized carbons (Fsp3) is 0.318. The zero-order valence-electron chi connectivity index (χ0n) is 15.7. The second-order valence-electron chi connectivity index (χ2n) is 7.31. The summed E-state index contributed by atoms with van der Waals surface area (Å²) in [4.78, 5) is 21.5. The van der Waals surface area contributed by atoms with Crippen molar-refractivity contribution < 1.29 is 4.79 Å². The first kappa shape index (κ1) is 18.6. The summed E-state index contributed by atoms with van der Waals surface area (Å²) < 4.78 is 0. The molecular weight excluding hydrogens is 368 g/mol. The summed E-state index contributed by atoms with van der Waals surface area (Å²) in [5, 5.41) is 6.49. The molecule has 0 aliphatic heterocycles. The van der Waals surface area contributed by atoms with Gasteiger partial charge in [-0.1, -0.05) is 12.1 Å². The van der Waals surface area contributed by atoms with Gasteiger partial charge in [0.2, 0.25) is 5.91 Å². The molecule has 2 aromatic heterocycles. The highest BCUT2D eigenvalue weighted by Crippen LogP contribution is 2.42. The number of nitrogens with one attached hydrogen (secondary N) is 1. The summed E-state index contributed by atoms with van der Waals surface area (Å²) in [7, 11) is 0. The van der Waals surface area contributed by atoms with Crippen LogP contribution in [0, 0.1) is 0 Å². The molecule has 1 aliphatic carbocycles. The van der Waals surface area contributed by atoms with E-state index in [2.05, 4.69) is 15.7 Å². The number of benzene rings is 1. The Labute approximate surface area is 169 Å². The molecule has 1 aromatic carbocycles. The third-order valence-electron chi connectivity index (χ3n) is 4.97. The summed E-state index contributed by atoms with van der Waals surface area (Å²) in [6, 6.07) is 11.6. The van der Waals surface area contributed by atoms with Crippen LogP contribution in [0.15, 0.2) is 54.2 Å². The summed E-state index contributed by atoms with van der Waals surface area (Å²) in [5.41, 5.74) is 9.75. The molecule has 2 heterocycles. The maximum atomic E-state index is 12.6. The van der Waals surface area contributed by atoms with Crippen molar-refractivity contribution >= 4 is 22.9 Å². The van der Waals surface area contributed by atoms with Crippen LogP contribution in [0.25, 0.3) is 0 Å². The summed E-state index contributed by atoms with van der Waals surface area (Å²) in [6.07, 6.45) is 7.82. The highest BCUT2D eigenvalue weighted by atomic mass is 32.1. The molecule has 0 spiro atoms. The van der Waals surface area contributed by atoms with E-state index >= 15 is 0 Å². The predicted octanol–water partition coefficient (Wildman–Crippen LogP) is 4.03. The Morgan fingerprint density at radius 2 is 1.89 bits per heavy atom. The molecule has 4 rings (SSSR count). The van der Waals surface area contributed by atoms with Crippen molar-refractivity contribution in [2.24, 2.45) is 0 Å². The lowest BCUT2D eigenvalue weighted by Gasteiger charge is -2.17. The monoisotopic (exact) mass is 392 g/mol. The fourth-order valence-corrected chi connectivity index (χ4v) is 4.22. The molecule has 1 amide bonds. The minimum atomic E-state index is -0.127. The van der Waals surface area contributed by atoms with Gasteiger partial charge in [-0.25, -0.2) is 4.98 Å². The topological polar surface area (TPSA) is 80.9 Å². The summed E-state index contributed by atoms with van der Waals surface area (Å²) in [5.74, 6) is 0.663. The van der Waals surface area contributed by atoms with Crippen molar-refractivity contribution in [3.63, 3.8) is 0 Å². The minimum absolute atomic E-state index is 0.0400. The fourth-order valence-electron chi connectivity index (χ4n) is 3.17. The lowest BCUT2D eigenvalue weighted by molar-refractivity contribution is -0.121. The molecule has 1 saturated carbocycles. The molecule has 5 nitrogen and oxygen atoms in total. The SMILES string of the molecule is Nc1ccc(C[C@H](NC(=O)CCc2ccncc2)c2csc(C3CC3)n2)cc1. The van der Waals surface area contributed by atoms with Crippen molar-refractivity contribution in [2.45, 2.75) is 44.1 Å². The molecule has 144 valence electrons. The number of nitrogens with zero attached hydrogens (tertiary/aromatic N) is 2. The predicted molar refractivity (Wildman–Crippen MR) is 112 cm³/mol. The van der Waals surface area contributed by atoms with Crippen LogP contribution in [-0.4, -0.2) is 15.9 Å². The smallest absolute Gasteiger partial charge is 0.220 e. The third kappa shape index (κ3) is 4.95. The number of nitrogens with two attached hydrogens (primary N) is 1. The Kier molecular flexibility index (Phi) is 5.67. The van der Waals surface area contributed by atoms with E-state index in [1.807, 2.05) is 36.4 Å². The molecule has 1 fully saturated rings. The number of carbonyl (C=O) groups excluding carboxylic acids is 1. The van der Waals surface area contributed by atoms with Crippen molar-refractivity contribution in [1.82, 2.24) is 15.3 Å². The highest BCUT2D eigenvalue weighted by Gasteiger charge is 2.28. The molecule has 1 aliphatic rings. The van der Waals surface area contributed by atoms with Crippen molar-refractivity contribution in [3.05, 3.63) is 76.0 Å². The van der Waals surface area contributed by atoms with E-state index in [4.69, 9.17) is 10.7 Å². The van der Waals surface area contributed by atoms with Gasteiger partial charge in [0.25, 0.3) is 0 Å². The number of pyridine rings is 1. The number of hydrogen-bond acceptors (Lipinski definition) is 5. The van der Waals surface area contributed by atoms with Crippen molar-refractivity contribution in [1.29, 1.82) is 0 Å². The van der Waals surface area contributed by atoms with Crippen LogP contribution in [0.1, 0.15) is 53.1 Å². The van der Waals surface area contributed by atoms with Gasteiger partial charge in [-0.05, 0) is 61.1 Å². The van der Waals surface area contributed by atoms with Crippen molar-refractivity contribution in [2.75, 3.05) is 5.73 Å². The van der Waals surface area contributed by atoms with Gasteiger partial charge in [0.1, 0.15) is 0 Å². The number of nitrogen functional groups attached to an aromatic ring is 1. The van der Waals surface area contributed by atoms with E-state index in [0.29, 0.717) is 25.2 Å². The van der Waals surface area contributed by atoms with Crippen LogP contribution in [-0.2, 0) is 17.6 Å². The van der Waals surface area contributed by atoms with Gasteiger partial charge in [-0.15, -0.1) is 11.3 Å². The number of thiazole rings is 1. The molecule has 3 N–H and O–H groups in total. The average molecular weight is 393 g/mol. The average Bonchev–Trinajstić information content (AvgIpc) is 3.45. The van der Waals surface area contributed by atoms with E-state index in [-0.39, 0.29) is 11.9 Å². The second kappa shape index (κ2) is 8.52. The van der Waals surface area contributed by atoms with Gasteiger partial charge in [-0.2, -0.15) is 0 Å². The van der Waals surface area contributed by atoms with E-state index in [9.17, 15) is 4.79 Å². The normalized spacial score (nSPS) is 14.6. The van der Waals surface area contributed by atoms with Crippen LogP contribution in [0.3, 0.4) is 0 Å². The first-order chi connectivity index (χ1) is 13.7. The van der Waals surface area contributed by atoms with Crippen LogP contribution in [0.5, 0.6) is 0 Å². The number of hydrogen-bond donors (Lipinski definition) is 2. The molecule has 0 radical (unpaired) electrons. The highest BCUT2D eigenvalue weighted by molar-refractivity contribution is 7.09. The molecule has 28 heavy (non-hydrogen) atoms. The first-order valence-electron chi connectivity index (χ1n) is 9.65. The Morgan fingerprint density at radius 3 is 2.61 bits per heavy atom. The van der Waals surface area contributed by atoms with Crippen LogP contribution in [0.4, 0.5) is 5.69 Å². The molecule has 1 atom stereocenters. The van der Waals surface area contributed by atoms with Gasteiger partial charge in [0.05, 0.1) is 16.7 Å². The molecule has 0 saturated heterocycles. The molecule has 0 bridgehead atoms. The zero-order chi connectivity index (χ0) is 19.3. The van der Waals surface area contributed by atoms with Crippen LogP contribution < -0.4 is 11.1 Å². The van der Waals surface area contributed by atoms with Gasteiger partial charge in [0.15, 0.2) is 0 Å². The third-order valence-corrected chi connectivity index (χ3v) is 5.99. The van der Waals surface area contributed by atoms with Gasteiger partial charge < -0.3 is 11.1 Å². The number of amides is 1. The van der Waals surface area contributed by atoms with E-state index in [0.717, 1.165) is 22.5 Å². The quantitative estimate of drug-likeness (QED) is 0.567. The largest absolute Gasteiger partial charge is 0.399 e. The Morgan fingerprint density at radius 1 is 1.14 bits per heavy atom. The second-order valence-corrected chi connectivity index (χ2v) is 8.20. The van der Waals surface area contributed by atoms with Gasteiger partial charge in [0, 0.05) is 35.8 Å². The summed E-state index contributed by atoms with van der Waals surface area (Å²) in [6.45, 7) is 0. The zero-order valence-corrected chi connectivity index (χ0v) is 16.5. The number of anilines is 1. The number of carbonyl (C=O) groups is 1. The number of aryl methyl sites for hydroxylation is 1.